The summed E-state index contributed by atoms with van der Waals surface area (Å²) in [4.78, 5) is 18.6. The molecule has 4 nitrogen and oxygen atoms in total. The first-order chi connectivity index (χ1) is 16.7. The predicted octanol–water partition coefficient (Wildman–Crippen LogP) is 8.49. The summed E-state index contributed by atoms with van der Waals surface area (Å²) < 4.78 is 7.26. The van der Waals surface area contributed by atoms with Crippen LogP contribution in [0.3, 0.4) is 0 Å². The molecule has 0 aliphatic heterocycles. The monoisotopic (exact) mass is 749 g/mol. The SMILES string of the molecule is CCC(C)(C)C(=O)/C=C(\O)C(C)(C)CC.Cc1[c-]c(Oc2cc3c(C(C)C)c[se]c3cn2)cc(C)c1.[Ir]. The van der Waals surface area contributed by atoms with E-state index in [0.717, 1.165) is 24.2 Å². The van der Waals surface area contributed by atoms with Crippen molar-refractivity contribution in [3.63, 3.8) is 0 Å². The van der Waals surface area contributed by atoms with Gasteiger partial charge in [-0.1, -0.05) is 41.5 Å². The van der Waals surface area contributed by atoms with Crippen LogP contribution in [-0.4, -0.2) is 30.4 Å². The maximum absolute atomic E-state index is 11.8. The number of aliphatic hydroxyl groups excluding tert-OH is 1. The summed E-state index contributed by atoms with van der Waals surface area (Å²) in [6.07, 6.45) is 4.95. The summed E-state index contributed by atoms with van der Waals surface area (Å²) in [6.45, 7) is 20.2. The van der Waals surface area contributed by atoms with E-state index < -0.39 is 0 Å². The van der Waals surface area contributed by atoms with Crippen molar-refractivity contribution >= 4 is 29.9 Å². The van der Waals surface area contributed by atoms with Crippen LogP contribution in [0.2, 0.25) is 0 Å². The van der Waals surface area contributed by atoms with Gasteiger partial charge in [-0.25, -0.2) is 0 Å². The van der Waals surface area contributed by atoms with Crippen molar-refractivity contribution in [1.29, 1.82) is 0 Å². The number of aliphatic hydroxyl groups is 1. The summed E-state index contributed by atoms with van der Waals surface area (Å²) in [7, 11) is 0. The van der Waals surface area contributed by atoms with Gasteiger partial charge in [-0.3, -0.25) is 4.79 Å². The molecule has 1 aromatic carbocycles. The summed E-state index contributed by atoms with van der Waals surface area (Å²) in [5.41, 5.74) is 2.99. The van der Waals surface area contributed by atoms with Gasteiger partial charge >= 0.3 is 131 Å². The number of ether oxygens (including phenoxy) is 1. The Morgan fingerprint density at radius 1 is 1.11 bits per heavy atom. The average Bonchev–Trinajstić information content (AvgIpc) is 3.22. The first-order valence-corrected chi connectivity index (χ1v) is 14.6. The van der Waals surface area contributed by atoms with E-state index in [-0.39, 0.29) is 42.5 Å². The van der Waals surface area contributed by atoms with Crippen molar-refractivity contribution in [1.82, 2.24) is 4.98 Å². The molecule has 2 heterocycles. The molecule has 0 fully saturated rings. The van der Waals surface area contributed by atoms with Crippen LogP contribution in [0, 0.1) is 30.7 Å². The molecule has 0 saturated carbocycles. The Hall–Kier alpha value is -1.71. The smallest absolute Gasteiger partial charge is 0 e. The largest absolute Gasteiger partial charge is 0 e. The number of allylic oxidation sites excluding steroid dienone is 2. The third-order valence-corrected chi connectivity index (χ3v) is 8.82. The van der Waals surface area contributed by atoms with Crippen LogP contribution >= 0.6 is 0 Å². The minimum absolute atomic E-state index is 0. The maximum atomic E-state index is 11.8. The van der Waals surface area contributed by atoms with Gasteiger partial charge in [0.05, 0.1) is 0 Å². The molecule has 2 aromatic heterocycles. The Morgan fingerprint density at radius 2 is 1.73 bits per heavy atom. The van der Waals surface area contributed by atoms with Crippen molar-refractivity contribution in [3.05, 3.63) is 63.9 Å². The third kappa shape index (κ3) is 9.21. The molecule has 0 aliphatic rings. The van der Waals surface area contributed by atoms with Gasteiger partial charge < -0.3 is 5.11 Å². The molecule has 3 aromatic rings. The van der Waals surface area contributed by atoms with Crippen LogP contribution in [0.4, 0.5) is 0 Å². The van der Waals surface area contributed by atoms with Gasteiger partial charge in [0.2, 0.25) is 0 Å². The van der Waals surface area contributed by atoms with Gasteiger partial charge in [0, 0.05) is 37.0 Å². The standard InChI is InChI=1S/C18H18NOSe.C13H24O2.Ir/c1-11(2)16-10-21-17-9-19-18(8-15(16)17)20-14-6-12(3)5-13(4)7-14;1-7-12(3,4)10(14)9-11(15)13(5,6)8-2;/h5-6,8-11H,1-4H3;9,14H,7-8H2,1-6H3;/q-1;;/b;10-9-;. The predicted molar refractivity (Wildman–Crippen MR) is 151 cm³/mol. The molecule has 1 radical (unpaired) electrons. The van der Waals surface area contributed by atoms with E-state index >= 15 is 0 Å². The number of nitrogens with zero attached hydrogens (tertiary/aromatic N) is 1. The molecule has 6 heteroatoms. The van der Waals surface area contributed by atoms with Crippen molar-refractivity contribution in [2.75, 3.05) is 0 Å². The normalized spacial score (nSPS) is 12.1. The second-order valence-corrected chi connectivity index (χ2v) is 13.0. The number of aromatic nitrogens is 1. The van der Waals surface area contributed by atoms with Gasteiger partial charge in [-0.2, -0.15) is 0 Å². The molecule has 205 valence electrons. The van der Waals surface area contributed by atoms with Crippen molar-refractivity contribution in [2.24, 2.45) is 10.8 Å². The molecular weight excluding hydrogens is 706 g/mol. The fraction of sp³-hybridized carbons (Fsp3) is 0.484. The fourth-order valence-electron chi connectivity index (χ4n) is 3.33. The average molecular weight is 748 g/mol. The van der Waals surface area contributed by atoms with Gasteiger partial charge in [-0.05, 0) is 12.8 Å². The quantitative estimate of drug-likeness (QED) is 0.109. The van der Waals surface area contributed by atoms with E-state index in [1.807, 2.05) is 60.7 Å². The Kier molecular flexibility index (Phi) is 12.5. The second-order valence-electron chi connectivity index (χ2n) is 11.0. The Morgan fingerprint density at radius 3 is 2.27 bits per heavy atom. The van der Waals surface area contributed by atoms with Gasteiger partial charge in [0.1, 0.15) is 5.76 Å². The first kappa shape index (κ1) is 33.3. The number of hydrogen-bond acceptors (Lipinski definition) is 4. The zero-order valence-corrected chi connectivity index (χ0v) is 28.0. The zero-order valence-electron chi connectivity index (χ0n) is 23.9. The van der Waals surface area contributed by atoms with Gasteiger partial charge in [-0.15, -0.1) is 0 Å². The number of benzene rings is 1. The van der Waals surface area contributed by atoms with E-state index in [2.05, 4.69) is 48.9 Å². The molecule has 0 spiro atoms. The number of carbonyl (C=O) groups is 1. The number of fused-ring (bicyclic) bond motifs is 1. The molecule has 0 unspecified atom stereocenters. The van der Waals surface area contributed by atoms with Gasteiger partial charge in [0.25, 0.3) is 0 Å². The van der Waals surface area contributed by atoms with Gasteiger partial charge in [0.15, 0.2) is 5.78 Å². The summed E-state index contributed by atoms with van der Waals surface area (Å²) >= 11 is 0.409. The van der Waals surface area contributed by atoms with E-state index in [9.17, 15) is 9.90 Å². The molecule has 0 saturated heterocycles. The maximum Gasteiger partial charge on any atom is 0 e. The number of aryl methyl sites for hydroxylation is 2. The Balaban J connectivity index is 0.000000384. The minimum Gasteiger partial charge on any atom is 0 e. The van der Waals surface area contributed by atoms with E-state index in [4.69, 9.17) is 4.74 Å². The molecule has 0 bridgehead atoms. The van der Waals surface area contributed by atoms with E-state index in [1.54, 1.807) is 0 Å². The molecule has 0 aliphatic carbocycles. The zero-order chi connectivity index (χ0) is 27.3. The number of carbonyl (C=O) groups excluding carboxylic acids is 1. The van der Waals surface area contributed by atoms with E-state index in [1.165, 1.54) is 26.8 Å². The Bertz CT molecular complexity index is 1200. The molecule has 37 heavy (non-hydrogen) atoms. The van der Waals surface area contributed by atoms with Crippen LogP contribution in [-0.2, 0) is 24.9 Å². The van der Waals surface area contributed by atoms with Crippen LogP contribution in [0.5, 0.6) is 11.6 Å². The Labute approximate surface area is 243 Å². The van der Waals surface area contributed by atoms with Crippen LogP contribution in [0.15, 0.2) is 41.2 Å². The fourth-order valence-corrected chi connectivity index (χ4v) is 5.58. The number of rotatable bonds is 8. The van der Waals surface area contributed by atoms with Crippen LogP contribution in [0.1, 0.15) is 90.8 Å². The topological polar surface area (TPSA) is 59.4 Å². The van der Waals surface area contributed by atoms with Crippen molar-refractivity contribution in [2.45, 2.75) is 88.0 Å². The number of ketones is 1. The van der Waals surface area contributed by atoms with E-state index in [0.29, 0.717) is 26.3 Å². The van der Waals surface area contributed by atoms with Crippen molar-refractivity contribution < 1.29 is 34.7 Å². The molecule has 0 atom stereocenters. The number of hydrogen-bond donors (Lipinski definition) is 1. The summed E-state index contributed by atoms with van der Waals surface area (Å²) in [5, 5.41) is 11.2. The summed E-state index contributed by atoms with van der Waals surface area (Å²) in [6, 6.07) is 9.38. The van der Waals surface area contributed by atoms with Crippen LogP contribution in [0.25, 0.3) is 9.65 Å². The third-order valence-electron chi connectivity index (χ3n) is 6.82. The molecule has 3 rings (SSSR count). The molecule has 0 amide bonds. The number of pyridine rings is 1. The summed E-state index contributed by atoms with van der Waals surface area (Å²) in [5.74, 6) is 2.12. The second kappa shape index (κ2) is 13.9. The molecule has 1 N–H and O–H groups in total. The van der Waals surface area contributed by atoms with Crippen LogP contribution < -0.4 is 4.74 Å². The van der Waals surface area contributed by atoms with Crippen molar-refractivity contribution in [3.8, 4) is 11.6 Å². The molecular formula is C31H42IrNO3Se-. The first-order valence-electron chi connectivity index (χ1n) is 12.7. The minimum atomic E-state index is -0.377.